The van der Waals surface area contributed by atoms with E-state index in [9.17, 15) is 4.79 Å². The third-order valence-corrected chi connectivity index (χ3v) is 3.68. The van der Waals surface area contributed by atoms with E-state index in [4.69, 9.17) is 0 Å². The van der Waals surface area contributed by atoms with Crippen molar-refractivity contribution >= 4 is 15.4 Å². The first-order valence-electron chi connectivity index (χ1n) is 7.05. The second kappa shape index (κ2) is 8.87. The Hall–Kier alpha value is 1.17. The molecule has 0 N–H and O–H groups in total. The molecule has 0 aliphatic carbocycles. The summed E-state index contributed by atoms with van der Waals surface area (Å²) >= 11 is 0. The second-order valence-corrected chi connectivity index (χ2v) is 7.60. The van der Waals surface area contributed by atoms with E-state index >= 15 is 0 Å². The van der Waals surface area contributed by atoms with Gasteiger partial charge in [-0.15, -0.1) is 0 Å². The second-order valence-electron chi connectivity index (χ2n) is 7.39. The summed E-state index contributed by atoms with van der Waals surface area (Å²) in [6.07, 6.45) is 1.09. The van der Waals surface area contributed by atoms with Gasteiger partial charge in [0.15, 0.2) is 0 Å². The van der Waals surface area contributed by atoms with Crippen molar-refractivity contribution in [3.8, 4) is 0 Å². The normalized spacial score (nSPS) is 11.8. The molecule has 0 spiro atoms. The molecular formula is C17H26CsO2P. The molecule has 2 nitrogen and oxygen atoms in total. The molecule has 0 saturated heterocycles. The molecule has 0 bridgehead atoms. The topological polar surface area (TPSA) is 26.3 Å². The van der Waals surface area contributed by atoms with E-state index in [0.29, 0.717) is 12.8 Å². The van der Waals surface area contributed by atoms with Crippen LogP contribution in [0.1, 0.15) is 64.7 Å². The van der Waals surface area contributed by atoms with E-state index in [-0.39, 0.29) is 85.7 Å². The Morgan fingerprint density at radius 2 is 1.43 bits per heavy atom. The number of hydrogen-bond acceptors (Lipinski definition) is 2. The van der Waals surface area contributed by atoms with E-state index in [1.807, 2.05) is 0 Å². The number of rotatable bonds is 3. The molecule has 0 radical (unpaired) electrons. The first kappa shape index (κ1) is 22.2. The predicted octanol–water partition coefficient (Wildman–Crippen LogP) is 1.82. The SMILES string of the molecule is CC(C)(C)c1cc(CCC(=O)O[PH-])cc(C(C)(C)C)c1.[Cs+]. The van der Waals surface area contributed by atoms with Crippen molar-refractivity contribution in [2.45, 2.75) is 65.2 Å². The van der Waals surface area contributed by atoms with Gasteiger partial charge in [0, 0.05) is 6.42 Å². The van der Waals surface area contributed by atoms with Crippen LogP contribution < -0.4 is 68.9 Å². The van der Waals surface area contributed by atoms with Gasteiger partial charge in [-0.25, -0.2) is 0 Å². The summed E-state index contributed by atoms with van der Waals surface area (Å²) in [6.45, 7) is 13.3. The van der Waals surface area contributed by atoms with Gasteiger partial charge in [0.05, 0.1) is 0 Å². The molecule has 0 atom stereocenters. The standard InChI is InChI=1S/C17H26O2P.Cs/c1-16(2,3)13-9-12(7-8-15(18)19-20)10-14(11-13)17(4,5)6;/h9-11,20H,7-8H2,1-6H3;/q-1;+1. The fourth-order valence-corrected chi connectivity index (χ4v) is 2.10. The third-order valence-electron chi connectivity index (χ3n) is 3.46. The first-order valence-corrected chi connectivity index (χ1v) is 7.46. The van der Waals surface area contributed by atoms with Gasteiger partial charge in [0.2, 0.25) is 0 Å². The minimum atomic E-state index is -0.236. The van der Waals surface area contributed by atoms with Crippen molar-refractivity contribution in [2.75, 3.05) is 0 Å². The van der Waals surface area contributed by atoms with E-state index in [1.165, 1.54) is 16.7 Å². The molecule has 1 rings (SSSR count). The number of benzene rings is 1. The van der Waals surface area contributed by atoms with Gasteiger partial charge in [-0.2, -0.15) is 0 Å². The molecule has 0 aliphatic rings. The Bertz CT molecular complexity index is 452. The largest absolute Gasteiger partial charge is 1.00 e. The minimum absolute atomic E-state index is 0. The van der Waals surface area contributed by atoms with E-state index in [0.717, 1.165) is 0 Å². The molecule has 4 heteroatoms. The molecular weight excluding hydrogens is 400 g/mol. The Morgan fingerprint density at radius 1 is 1.00 bits per heavy atom. The van der Waals surface area contributed by atoms with Crippen LogP contribution >= 0.6 is 9.47 Å². The Labute approximate surface area is 190 Å². The smallest absolute Gasteiger partial charge is 0.648 e. The van der Waals surface area contributed by atoms with Crippen molar-refractivity contribution in [3.05, 3.63) is 34.9 Å². The number of carbonyl (C=O) groups excluding carboxylic acids is 1. The van der Waals surface area contributed by atoms with E-state index in [1.54, 1.807) is 0 Å². The van der Waals surface area contributed by atoms with Crippen LogP contribution in [0.25, 0.3) is 0 Å². The fraction of sp³-hybridized carbons (Fsp3) is 0.588. The Kier molecular flexibility index (Phi) is 9.36. The van der Waals surface area contributed by atoms with Crippen molar-refractivity contribution in [1.82, 2.24) is 0 Å². The Balaban J connectivity index is 0.00000400. The number of carbonyl (C=O) groups is 1. The van der Waals surface area contributed by atoms with Crippen LogP contribution in [0.4, 0.5) is 0 Å². The summed E-state index contributed by atoms with van der Waals surface area (Å²) in [6, 6.07) is 6.69. The molecule has 1 aromatic rings. The average molecular weight is 426 g/mol. The monoisotopic (exact) mass is 426 g/mol. The molecule has 21 heavy (non-hydrogen) atoms. The summed E-state index contributed by atoms with van der Waals surface area (Å²) in [7, 11) is 2.78. The summed E-state index contributed by atoms with van der Waals surface area (Å²) < 4.78 is 4.53. The van der Waals surface area contributed by atoms with Crippen molar-refractivity contribution in [1.29, 1.82) is 0 Å². The zero-order chi connectivity index (χ0) is 15.6. The van der Waals surface area contributed by atoms with E-state index < -0.39 is 0 Å². The minimum Gasteiger partial charge on any atom is -0.648 e. The van der Waals surface area contributed by atoms with Crippen molar-refractivity contribution in [2.24, 2.45) is 0 Å². The quantitative estimate of drug-likeness (QED) is 0.690. The molecule has 0 fully saturated rings. The predicted molar refractivity (Wildman–Crippen MR) is 86.6 cm³/mol. The van der Waals surface area contributed by atoms with Gasteiger partial charge in [-0.05, 0) is 33.9 Å². The van der Waals surface area contributed by atoms with Gasteiger partial charge in [-0.1, -0.05) is 59.7 Å². The fourth-order valence-electron chi connectivity index (χ4n) is 2.00. The van der Waals surface area contributed by atoms with Crippen LogP contribution in [0.3, 0.4) is 0 Å². The molecule has 0 unspecified atom stereocenters. The van der Waals surface area contributed by atoms with Gasteiger partial charge in [-0.3, -0.25) is 4.79 Å². The van der Waals surface area contributed by atoms with Crippen molar-refractivity contribution in [3.63, 3.8) is 0 Å². The molecule has 1 aromatic carbocycles. The molecule has 0 saturated carbocycles. The molecule has 112 valence electrons. The maximum atomic E-state index is 11.3. The third kappa shape index (κ3) is 7.52. The van der Waals surface area contributed by atoms with E-state index in [2.05, 4.69) is 73.7 Å². The van der Waals surface area contributed by atoms with Crippen LogP contribution in [0.2, 0.25) is 0 Å². The molecule has 0 aliphatic heterocycles. The zero-order valence-electron chi connectivity index (χ0n) is 14.5. The summed E-state index contributed by atoms with van der Waals surface area (Å²) in [5, 5.41) is 0. The van der Waals surface area contributed by atoms with Crippen LogP contribution in [-0.4, -0.2) is 5.97 Å². The number of hydrogen-bond donors (Lipinski definition) is 0. The van der Waals surface area contributed by atoms with Crippen LogP contribution in [0.15, 0.2) is 18.2 Å². The Morgan fingerprint density at radius 3 is 1.76 bits per heavy atom. The molecule has 0 aromatic heterocycles. The van der Waals surface area contributed by atoms with Crippen molar-refractivity contribution < 1.29 is 78.2 Å². The van der Waals surface area contributed by atoms with Crippen LogP contribution in [-0.2, 0) is 26.6 Å². The summed E-state index contributed by atoms with van der Waals surface area (Å²) in [5.74, 6) is -0.236. The average Bonchev–Trinajstić information content (AvgIpc) is 2.33. The van der Waals surface area contributed by atoms with Crippen LogP contribution in [0, 0.1) is 0 Å². The first-order chi connectivity index (χ1) is 9.04. The maximum absolute atomic E-state index is 11.3. The molecule has 0 amide bonds. The maximum Gasteiger partial charge on any atom is 1.00 e. The van der Waals surface area contributed by atoms with Gasteiger partial charge >= 0.3 is 68.9 Å². The summed E-state index contributed by atoms with van der Waals surface area (Å²) in [5.41, 5.74) is 4.02. The zero-order valence-corrected chi connectivity index (χ0v) is 21.7. The van der Waals surface area contributed by atoms with Gasteiger partial charge < -0.3 is 14.0 Å². The molecule has 0 heterocycles. The van der Waals surface area contributed by atoms with Crippen LogP contribution in [0.5, 0.6) is 0 Å². The van der Waals surface area contributed by atoms with Gasteiger partial charge in [0.25, 0.3) is 5.97 Å². The van der Waals surface area contributed by atoms with Gasteiger partial charge in [0.1, 0.15) is 0 Å². The summed E-state index contributed by atoms with van der Waals surface area (Å²) in [4.78, 5) is 11.3. The number of aryl methyl sites for hydroxylation is 1.